The molecule has 0 radical (unpaired) electrons. The van der Waals surface area contributed by atoms with E-state index < -0.39 is 0 Å². The summed E-state index contributed by atoms with van der Waals surface area (Å²) in [5, 5.41) is 0. The summed E-state index contributed by atoms with van der Waals surface area (Å²) in [7, 11) is 0. The fourth-order valence-electron chi connectivity index (χ4n) is 1.90. The number of hydrogen-bond donors (Lipinski definition) is 2. The maximum atomic E-state index is 5.29. The molecule has 0 unspecified atom stereocenters. The topological polar surface area (TPSA) is 44.5 Å². The van der Waals surface area contributed by atoms with Crippen LogP contribution in [0.4, 0.5) is 0 Å². The molecular formula is C13H11N3S. The van der Waals surface area contributed by atoms with Gasteiger partial charge in [0, 0.05) is 11.3 Å². The van der Waals surface area contributed by atoms with Crippen LogP contribution < -0.4 is 0 Å². The van der Waals surface area contributed by atoms with Crippen molar-refractivity contribution in [3.05, 3.63) is 46.7 Å². The molecule has 0 atom stereocenters. The summed E-state index contributed by atoms with van der Waals surface area (Å²) in [6, 6.07) is 12.0. The van der Waals surface area contributed by atoms with Crippen LogP contribution in [0.15, 0.2) is 36.4 Å². The number of nitrogens with one attached hydrogen (secondary N) is 2. The Morgan fingerprint density at radius 1 is 1.12 bits per heavy atom. The van der Waals surface area contributed by atoms with Crippen molar-refractivity contribution in [2.75, 3.05) is 0 Å². The van der Waals surface area contributed by atoms with E-state index in [2.05, 4.69) is 15.0 Å². The first-order chi connectivity index (χ1) is 8.24. The molecule has 17 heavy (non-hydrogen) atoms. The van der Waals surface area contributed by atoms with E-state index in [1.54, 1.807) is 0 Å². The van der Waals surface area contributed by atoms with E-state index in [4.69, 9.17) is 12.2 Å². The molecule has 0 aliphatic heterocycles. The zero-order chi connectivity index (χ0) is 11.8. The minimum Gasteiger partial charge on any atom is -0.355 e. The summed E-state index contributed by atoms with van der Waals surface area (Å²) in [5.41, 5.74) is 4.02. The molecule has 2 heterocycles. The molecule has 3 rings (SSSR count). The third-order valence-electron chi connectivity index (χ3n) is 2.68. The van der Waals surface area contributed by atoms with E-state index in [1.807, 2.05) is 43.3 Å². The van der Waals surface area contributed by atoms with Gasteiger partial charge in [-0.15, -0.1) is 0 Å². The molecule has 1 aromatic carbocycles. The summed E-state index contributed by atoms with van der Waals surface area (Å²) >= 11 is 5.29. The summed E-state index contributed by atoms with van der Waals surface area (Å²) in [6.07, 6.45) is 0. The van der Waals surface area contributed by atoms with Crippen LogP contribution >= 0.6 is 12.2 Å². The molecular weight excluding hydrogens is 230 g/mol. The van der Waals surface area contributed by atoms with Gasteiger partial charge in [-0.1, -0.05) is 42.5 Å². The van der Waals surface area contributed by atoms with Crippen LogP contribution in [0.2, 0.25) is 0 Å². The van der Waals surface area contributed by atoms with Gasteiger partial charge < -0.3 is 9.97 Å². The molecule has 3 aromatic rings. The second kappa shape index (κ2) is 3.82. The molecule has 0 aliphatic rings. The number of hydrogen-bond acceptors (Lipinski definition) is 2. The highest BCUT2D eigenvalue weighted by atomic mass is 32.1. The van der Waals surface area contributed by atoms with Crippen molar-refractivity contribution in [1.82, 2.24) is 15.0 Å². The van der Waals surface area contributed by atoms with Gasteiger partial charge in [-0.3, -0.25) is 0 Å². The summed E-state index contributed by atoms with van der Waals surface area (Å²) in [6.45, 7) is 2.00. The van der Waals surface area contributed by atoms with Crippen molar-refractivity contribution >= 4 is 23.3 Å². The van der Waals surface area contributed by atoms with Gasteiger partial charge in [-0.05, 0) is 13.0 Å². The molecule has 0 fully saturated rings. The number of benzene rings is 1. The first-order valence-corrected chi connectivity index (χ1v) is 5.80. The number of H-pyrrole nitrogens is 2. The zero-order valence-corrected chi connectivity index (χ0v) is 10.1. The SMILES string of the molecule is Cc1cc2[nH]c(-c3ccccc3)nc(=S)c2[nH]1. The van der Waals surface area contributed by atoms with E-state index in [9.17, 15) is 0 Å². The fourth-order valence-corrected chi connectivity index (χ4v) is 2.15. The van der Waals surface area contributed by atoms with Gasteiger partial charge in [-0.25, -0.2) is 4.98 Å². The number of aromatic amines is 2. The molecule has 0 bridgehead atoms. The van der Waals surface area contributed by atoms with Crippen LogP contribution in [0.5, 0.6) is 0 Å². The Balaban J connectivity index is 2.29. The predicted molar refractivity (Wildman–Crippen MR) is 71.5 cm³/mol. The van der Waals surface area contributed by atoms with Gasteiger partial charge in [0.2, 0.25) is 0 Å². The third-order valence-corrected chi connectivity index (χ3v) is 2.98. The van der Waals surface area contributed by atoms with Crippen molar-refractivity contribution in [3.8, 4) is 11.4 Å². The van der Waals surface area contributed by atoms with Crippen molar-refractivity contribution in [1.29, 1.82) is 0 Å². The normalized spacial score (nSPS) is 10.9. The largest absolute Gasteiger partial charge is 0.355 e. The van der Waals surface area contributed by atoms with Crippen LogP contribution in [-0.2, 0) is 0 Å². The smallest absolute Gasteiger partial charge is 0.154 e. The molecule has 2 N–H and O–H groups in total. The number of nitrogens with zero attached hydrogens (tertiary/aromatic N) is 1. The summed E-state index contributed by atoms with van der Waals surface area (Å²) in [5.74, 6) is 0.808. The Kier molecular flexibility index (Phi) is 2.30. The van der Waals surface area contributed by atoms with E-state index in [1.165, 1.54) is 0 Å². The highest BCUT2D eigenvalue weighted by Crippen LogP contribution is 2.19. The standard InChI is InChI=1S/C13H11N3S/c1-8-7-10-11(14-8)13(17)16-12(15-10)9-5-3-2-4-6-9/h2-7,14H,1H3,(H,15,16,17). The highest BCUT2D eigenvalue weighted by molar-refractivity contribution is 7.71. The van der Waals surface area contributed by atoms with Gasteiger partial charge in [0.1, 0.15) is 5.82 Å². The van der Waals surface area contributed by atoms with E-state index in [0.717, 1.165) is 28.1 Å². The van der Waals surface area contributed by atoms with Gasteiger partial charge in [0.15, 0.2) is 4.64 Å². The molecule has 3 nitrogen and oxygen atoms in total. The second-order valence-electron chi connectivity index (χ2n) is 4.00. The Bertz CT molecular complexity index is 725. The van der Waals surface area contributed by atoms with Crippen molar-refractivity contribution in [3.63, 3.8) is 0 Å². The molecule has 0 amide bonds. The van der Waals surface area contributed by atoms with E-state index in [-0.39, 0.29) is 0 Å². The lowest BCUT2D eigenvalue weighted by molar-refractivity contribution is 1.20. The van der Waals surface area contributed by atoms with Gasteiger partial charge >= 0.3 is 0 Å². The van der Waals surface area contributed by atoms with Gasteiger partial charge in [0.05, 0.1) is 11.0 Å². The van der Waals surface area contributed by atoms with Crippen LogP contribution in [0, 0.1) is 11.6 Å². The Labute approximate surface area is 104 Å². The zero-order valence-electron chi connectivity index (χ0n) is 9.32. The Morgan fingerprint density at radius 2 is 1.88 bits per heavy atom. The third kappa shape index (κ3) is 1.76. The average molecular weight is 241 g/mol. The monoisotopic (exact) mass is 241 g/mol. The van der Waals surface area contributed by atoms with Crippen LogP contribution in [0.1, 0.15) is 5.69 Å². The Morgan fingerprint density at radius 3 is 2.65 bits per heavy atom. The first-order valence-electron chi connectivity index (χ1n) is 5.39. The average Bonchev–Trinajstić information content (AvgIpc) is 2.71. The molecule has 0 saturated heterocycles. The molecule has 0 spiro atoms. The highest BCUT2D eigenvalue weighted by Gasteiger charge is 2.05. The van der Waals surface area contributed by atoms with Crippen LogP contribution in [0.3, 0.4) is 0 Å². The fraction of sp³-hybridized carbons (Fsp3) is 0.0769. The number of aromatic nitrogens is 3. The summed E-state index contributed by atoms with van der Waals surface area (Å²) < 4.78 is 0.603. The number of fused-ring (bicyclic) bond motifs is 1. The minimum absolute atomic E-state index is 0.603. The molecule has 84 valence electrons. The lowest BCUT2D eigenvalue weighted by Gasteiger charge is -2.01. The minimum atomic E-state index is 0.603. The van der Waals surface area contributed by atoms with Crippen LogP contribution in [0.25, 0.3) is 22.4 Å². The van der Waals surface area contributed by atoms with Crippen molar-refractivity contribution < 1.29 is 0 Å². The maximum Gasteiger partial charge on any atom is 0.154 e. The van der Waals surface area contributed by atoms with Gasteiger partial charge in [-0.2, -0.15) is 0 Å². The Hall–Kier alpha value is -1.94. The number of aryl methyl sites for hydroxylation is 1. The molecule has 0 saturated carbocycles. The van der Waals surface area contributed by atoms with E-state index >= 15 is 0 Å². The first kappa shape index (κ1) is 10.2. The van der Waals surface area contributed by atoms with Crippen molar-refractivity contribution in [2.45, 2.75) is 6.92 Å². The summed E-state index contributed by atoms with van der Waals surface area (Å²) in [4.78, 5) is 10.9. The molecule has 4 heteroatoms. The number of rotatable bonds is 1. The molecule has 2 aromatic heterocycles. The van der Waals surface area contributed by atoms with Crippen LogP contribution in [-0.4, -0.2) is 15.0 Å². The lowest BCUT2D eigenvalue weighted by Crippen LogP contribution is -1.89. The second-order valence-corrected chi connectivity index (χ2v) is 4.38. The predicted octanol–water partition coefficient (Wildman–Crippen LogP) is 3.60. The van der Waals surface area contributed by atoms with Gasteiger partial charge in [0.25, 0.3) is 0 Å². The van der Waals surface area contributed by atoms with E-state index in [0.29, 0.717) is 4.64 Å². The lowest BCUT2D eigenvalue weighted by atomic mass is 10.2. The quantitative estimate of drug-likeness (QED) is 0.639. The molecule has 0 aliphatic carbocycles. The maximum absolute atomic E-state index is 5.29. The van der Waals surface area contributed by atoms with Crippen molar-refractivity contribution in [2.24, 2.45) is 0 Å².